The Labute approximate surface area is 157 Å². The van der Waals surface area contributed by atoms with E-state index in [1.165, 1.54) is 37.3 Å². The smallest absolute Gasteiger partial charge is 0.414 e. The van der Waals surface area contributed by atoms with Gasteiger partial charge in [0, 0.05) is 18.3 Å². The second kappa shape index (κ2) is 7.85. The minimum absolute atomic E-state index is 0.0185. The summed E-state index contributed by atoms with van der Waals surface area (Å²) in [6.45, 7) is 0.206. The molecule has 1 N–H and O–H groups in total. The summed E-state index contributed by atoms with van der Waals surface area (Å²) in [5, 5.41) is 0. The van der Waals surface area contributed by atoms with Crippen LogP contribution in [0.25, 0.3) is 0 Å². The van der Waals surface area contributed by atoms with E-state index in [4.69, 9.17) is 14.2 Å². The van der Waals surface area contributed by atoms with E-state index >= 15 is 0 Å². The van der Waals surface area contributed by atoms with Gasteiger partial charge in [0.15, 0.2) is 0 Å². The van der Waals surface area contributed by atoms with Crippen molar-refractivity contribution in [1.29, 1.82) is 0 Å². The average molecular weight is 392 g/mol. The Bertz CT molecular complexity index is 917. The quantitative estimate of drug-likeness (QED) is 0.775. The standard InChI is InChI=1S/C18H20N2O6S/c1-24-14-8-9-17(16(10-14)25-2)27(22,23)19-11-15-12-20(18(21)26-15)13-6-4-3-5-7-13/h3-10,15,19H,11-12H2,1-2H3. The molecule has 0 aliphatic carbocycles. The van der Waals surface area contributed by atoms with E-state index in [0.29, 0.717) is 11.4 Å². The van der Waals surface area contributed by atoms with Crippen LogP contribution in [0.4, 0.5) is 10.5 Å². The van der Waals surface area contributed by atoms with E-state index in [-0.39, 0.29) is 23.7 Å². The number of rotatable bonds is 7. The van der Waals surface area contributed by atoms with Crippen LogP contribution in [0.3, 0.4) is 0 Å². The number of cyclic esters (lactones) is 1. The zero-order valence-corrected chi connectivity index (χ0v) is 15.7. The van der Waals surface area contributed by atoms with Crippen LogP contribution in [0.15, 0.2) is 53.4 Å². The zero-order chi connectivity index (χ0) is 19.4. The van der Waals surface area contributed by atoms with Gasteiger partial charge in [-0.3, -0.25) is 4.90 Å². The van der Waals surface area contributed by atoms with Gasteiger partial charge in [-0.2, -0.15) is 0 Å². The molecule has 0 spiro atoms. The third-order valence-electron chi connectivity index (χ3n) is 4.10. The summed E-state index contributed by atoms with van der Waals surface area (Å²) in [7, 11) is -0.996. The van der Waals surface area contributed by atoms with Gasteiger partial charge in [-0.25, -0.2) is 17.9 Å². The Hall–Kier alpha value is -2.78. The molecule has 1 heterocycles. The number of methoxy groups -OCH3 is 2. The molecule has 0 aromatic heterocycles. The maximum Gasteiger partial charge on any atom is 0.414 e. The average Bonchev–Trinajstić information content (AvgIpc) is 3.07. The van der Waals surface area contributed by atoms with Crippen LogP contribution in [0, 0.1) is 0 Å². The van der Waals surface area contributed by atoms with Crippen LogP contribution < -0.4 is 19.1 Å². The van der Waals surface area contributed by atoms with E-state index in [1.54, 1.807) is 12.1 Å². The molecule has 1 aliphatic heterocycles. The van der Waals surface area contributed by atoms with Gasteiger partial charge in [0.25, 0.3) is 0 Å². The van der Waals surface area contributed by atoms with E-state index in [9.17, 15) is 13.2 Å². The van der Waals surface area contributed by atoms with Crippen LogP contribution in [0.2, 0.25) is 0 Å². The molecule has 8 nitrogen and oxygen atoms in total. The number of benzene rings is 2. The number of anilines is 1. The molecule has 144 valence electrons. The van der Waals surface area contributed by atoms with Gasteiger partial charge >= 0.3 is 6.09 Å². The van der Waals surface area contributed by atoms with Crippen molar-refractivity contribution in [3.8, 4) is 11.5 Å². The monoisotopic (exact) mass is 392 g/mol. The highest BCUT2D eigenvalue weighted by Crippen LogP contribution is 2.28. The minimum atomic E-state index is -3.86. The second-order valence-corrected chi connectivity index (χ2v) is 7.56. The first-order valence-electron chi connectivity index (χ1n) is 8.19. The fourth-order valence-electron chi connectivity index (χ4n) is 2.72. The van der Waals surface area contributed by atoms with Gasteiger partial charge in [0.2, 0.25) is 10.0 Å². The topological polar surface area (TPSA) is 94.2 Å². The second-order valence-electron chi connectivity index (χ2n) is 5.82. The molecular weight excluding hydrogens is 372 g/mol. The largest absolute Gasteiger partial charge is 0.497 e. The summed E-state index contributed by atoms with van der Waals surface area (Å²) in [4.78, 5) is 13.5. The van der Waals surface area contributed by atoms with Crippen molar-refractivity contribution in [3.63, 3.8) is 0 Å². The molecule has 1 unspecified atom stereocenters. The highest BCUT2D eigenvalue weighted by molar-refractivity contribution is 7.89. The molecule has 2 aromatic rings. The lowest BCUT2D eigenvalue weighted by atomic mass is 10.3. The van der Waals surface area contributed by atoms with Gasteiger partial charge in [-0.05, 0) is 24.3 Å². The van der Waals surface area contributed by atoms with Crippen LogP contribution in [-0.2, 0) is 14.8 Å². The summed E-state index contributed by atoms with van der Waals surface area (Å²) in [6, 6.07) is 13.5. The van der Waals surface area contributed by atoms with Crippen LogP contribution in [0.1, 0.15) is 0 Å². The van der Waals surface area contributed by atoms with Crippen molar-refractivity contribution >= 4 is 21.8 Å². The Kier molecular flexibility index (Phi) is 5.52. The third kappa shape index (κ3) is 4.15. The molecular formula is C18H20N2O6S. The maximum atomic E-state index is 12.6. The number of hydrogen-bond donors (Lipinski definition) is 1. The molecule has 1 fully saturated rings. The molecule has 27 heavy (non-hydrogen) atoms. The lowest BCUT2D eigenvalue weighted by Crippen LogP contribution is -2.34. The summed E-state index contributed by atoms with van der Waals surface area (Å²) < 4.78 is 43.2. The molecule has 1 atom stereocenters. The molecule has 1 aliphatic rings. The summed E-state index contributed by atoms with van der Waals surface area (Å²) in [6.07, 6.45) is -1.11. The molecule has 0 radical (unpaired) electrons. The number of para-hydroxylation sites is 1. The van der Waals surface area contributed by atoms with Crippen molar-refractivity contribution in [2.45, 2.75) is 11.0 Å². The first-order valence-corrected chi connectivity index (χ1v) is 9.68. The van der Waals surface area contributed by atoms with Crippen molar-refractivity contribution in [2.24, 2.45) is 0 Å². The summed E-state index contributed by atoms with van der Waals surface area (Å²) >= 11 is 0. The van der Waals surface area contributed by atoms with Crippen LogP contribution in [0.5, 0.6) is 11.5 Å². The molecule has 0 saturated carbocycles. The van der Waals surface area contributed by atoms with E-state index in [1.807, 2.05) is 18.2 Å². The Morgan fingerprint density at radius 1 is 1.15 bits per heavy atom. The lowest BCUT2D eigenvalue weighted by molar-refractivity contribution is 0.143. The predicted molar refractivity (Wildman–Crippen MR) is 98.8 cm³/mol. The number of nitrogens with zero attached hydrogens (tertiary/aromatic N) is 1. The number of sulfonamides is 1. The number of carbonyl (C=O) groups excluding carboxylic acids is 1. The molecule has 0 bridgehead atoms. The van der Waals surface area contributed by atoms with Gasteiger partial charge in [-0.1, -0.05) is 18.2 Å². The molecule has 1 amide bonds. The summed E-state index contributed by atoms with van der Waals surface area (Å²) in [5.41, 5.74) is 0.699. The van der Waals surface area contributed by atoms with E-state index < -0.39 is 22.2 Å². The predicted octanol–water partition coefficient (Wildman–Crippen LogP) is 2.01. The van der Waals surface area contributed by atoms with Gasteiger partial charge < -0.3 is 14.2 Å². The number of amides is 1. The maximum absolute atomic E-state index is 12.6. The SMILES string of the molecule is COc1ccc(S(=O)(=O)NCC2CN(c3ccccc3)C(=O)O2)c(OC)c1. The highest BCUT2D eigenvalue weighted by Gasteiger charge is 2.33. The van der Waals surface area contributed by atoms with Crippen molar-refractivity contribution in [2.75, 3.05) is 32.2 Å². The lowest BCUT2D eigenvalue weighted by Gasteiger charge is -2.14. The Morgan fingerprint density at radius 2 is 1.89 bits per heavy atom. The summed E-state index contributed by atoms with van der Waals surface area (Å²) in [5.74, 6) is 0.644. The minimum Gasteiger partial charge on any atom is -0.497 e. The number of ether oxygens (including phenoxy) is 3. The van der Waals surface area contributed by atoms with Crippen molar-refractivity contribution in [1.82, 2.24) is 4.72 Å². The van der Waals surface area contributed by atoms with Gasteiger partial charge in [0.1, 0.15) is 22.5 Å². The Balaban J connectivity index is 1.69. The zero-order valence-electron chi connectivity index (χ0n) is 14.9. The number of nitrogens with one attached hydrogen (secondary N) is 1. The fraction of sp³-hybridized carbons (Fsp3) is 0.278. The van der Waals surface area contributed by atoms with Gasteiger partial charge in [0.05, 0.1) is 20.8 Å². The molecule has 2 aromatic carbocycles. The molecule has 1 saturated heterocycles. The normalized spacial score (nSPS) is 16.9. The molecule has 9 heteroatoms. The first-order chi connectivity index (χ1) is 12.9. The fourth-order valence-corrected chi connectivity index (χ4v) is 3.94. The van der Waals surface area contributed by atoms with Crippen molar-refractivity contribution < 1.29 is 27.4 Å². The van der Waals surface area contributed by atoms with Crippen LogP contribution >= 0.6 is 0 Å². The van der Waals surface area contributed by atoms with Crippen LogP contribution in [-0.4, -0.2) is 47.9 Å². The van der Waals surface area contributed by atoms with E-state index in [0.717, 1.165) is 0 Å². The van der Waals surface area contributed by atoms with E-state index in [2.05, 4.69) is 4.72 Å². The third-order valence-corrected chi connectivity index (χ3v) is 5.57. The van der Waals surface area contributed by atoms with Gasteiger partial charge in [-0.15, -0.1) is 0 Å². The highest BCUT2D eigenvalue weighted by atomic mass is 32.2. The number of carbonyl (C=O) groups is 1. The first kappa shape index (κ1) is 19.0. The number of hydrogen-bond acceptors (Lipinski definition) is 6. The molecule has 3 rings (SSSR count). The Morgan fingerprint density at radius 3 is 2.56 bits per heavy atom. The van der Waals surface area contributed by atoms with Crippen molar-refractivity contribution in [3.05, 3.63) is 48.5 Å².